The van der Waals surface area contributed by atoms with Crippen LogP contribution in [-0.4, -0.2) is 53.8 Å². The van der Waals surface area contributed by atoms with Crippen LogP contribution in [0.1, 0.15) is 31.9 Å². The number of anilines is 2. The van der Waals surface area contributed by atoms with Gasteiger partial charge in [0.2, 0.25) is 17.7 Å². The fourth-order valence-electron chi connectivity index (χ4n) is 4.30. The van der Waals surface area contributed by atoms with Crippen molar-refractivity contribution in [2.24, 2.45) is 11.8 Å². The highest BCUT2D eigenvalue weighted by atomic mass is 32.1. The minimum absolute atomic E-state index is 0.0100. The number of hydrogen-bond donors (Lipinski definition) is 1. The Morgan fingerprint density at radius 2 is 1.97 bits per heavy atom. The molecule has 2 fully saturated rings. The summed E-state index contributed by atoms with van der Waals surface area (Å²) in [5, 5.41) is 5.39. The summed E-state index contributed by atoms with van der Waals surface area (Å²) in [7, 11) is 0. The van der Waals surface area contributed by atoms with E-state index in [4.69, 9.17) is 4.74 Å². The molecule has 1 aromatic carbocycles. The van der Waals surface area contributed by atoms with Crippen LogP contribution in [-0.2, 0) is 14.4 Å². The summed E-state index contributed by atoms with van der Waals surface area (Å²) in [6, 6.07) is 7.42. The Kier molecular flexibility index (Phi) is 6.74. The zero-order valence-electron chi connectivity index (χ0n) is 18.4. The zero-order chi connectivity index (χ0) is 22.7. The maximum atomic E-state index is 13.1. The van der Waals surface area contributed by atoms with Gasteiger partial charge in [-0.05, 0) is 38.8 Å². The molecule has 4 rings (SSSR count). The van der Waals surface area contributed by atoms with E-state index in [-0.39, 0.29) is 36.0 Å². The Hall–Kier alpha value is -2.94. The summed E-state index contributed by atoms with van der Waals surface area (Å²) < 4.78 is 5.66. The lowest BCUT2D eigenvalue weighted by atomic mass is 9.94. The lowest BCUT2D eigenvalue weighted by Gasteiger charge is -2.32. The number of carbonyl (C=O) groups excluding carboxylic acids is 3. The Labute approximate surface area is 191 Å². The van der Waals surface area contributed by atoms with Gasteiger partial charge in [0.15, 0.2) is 5.13 Å². The molecule has 0 saturated carbocycles. The highest BCUT2D eigenvalue weighted by Gasteiger charge is 2.39. The van der Waals surface area contributed by atoms with E-state index in [1.807, 2.05) is 43.5 Å². The number of amides is 3. The maximum absolute atomic E-state index is 13.1. The van der Waals surface area contributed by atoms with Gasteiger partial charge in [0.05, 0.1) is 23.9 Å². The van der Waals surface area contributed by atoms with Gasteiger partial charge in [0.1, 0.15) is 5.75 Å². The molecule has 2 aliphatic rings. The molecule has 32 heavy (non-hydrogen) atoms. The fourth-order valence-corrected chi connectivity index (χ4v) is 4.99. The lowest BCUT2D eigenvalue weighted by Crippen LogP contribution is -2.44. The molecule has 1 aromatic heterocycles. The van der Waals surface area contributed by atoms with Crippen LogP contribution in [0.3, 0.4) is 0 Å². The molecular weight excluding hydrogens is 428 g/mol. The number of thiazole rings is 1. The third-order valence-corrected chi connectivity index (χ3v) is 6.83. The number of para-hydroxylation sites is 2. The smallest absolute Gasteiger partial charge is 0.229 e. The number of ether oxygens (including phenoxy) is 1. The van der Waals surface area contributed by atoms with Crippen LogP contribution in [0.25, 0.3) is 0 Å². The third-order valence-electron chi connectivity index (χ3n) is 5.96. The van der Waals surface area contributed by atoms with E-state index >= 15 is 0 Å². The van der Waals surface area contributed by atoms with E-state index in [1.165, 1.54) is 11.3 Å². The first-order valence-electron chi connectivity index (χ1n) is 11.0. The van der Waals surface area contributed by atoms with Gasteiger partial charge >= 0.3 is 0 Å². The van der Waals surface area contributed by atoms with Crippen LogP contribution < -0.4 is 15.0 Å². The molecule has 0 aliphatic carbocycles. The molecule has 2 aliphatic heterocycles. The average molecular weight is 457 g/mol. The van der Waals surface area contributed by atoms with Gasteiger partial charge in [-0.2, -0.15) is 0 Å². The van der Waals surface area contributed by atoms with Crippen LogP contribution in [0.2, 0.25) is 0 Å². The van der Waals surface area contributed by atoms with Crippen molar-refractivity contribution < 1.29 is 19.1 Å². The molecule has 170 valence electrons. The maximum Gasteiger partial charge on any atom is 0.229 e. The van der Waals surface area contributed by atoms with Crippen LogP contribution in [0.4, 0.5) is 10.8 Å². The van der Waals surface area contributed by atoms with Crippen molar-refractivity contribution in [2.45, 2.75) is 33.1 Å². The number of carbonyl (C=O) groups is 3. The number of nitrogens with zero attached hydrogens (tertiary/aromatic N) is 3. The standard InChI is InChI=1S/C23H28N4O4S/c1-3-31-19-7-5-4-6-18(19)27-13-17(12-20(27)28)22(30)26-10-8-16(9-11-26)21(29)25-23-24-15(2)14-32-23/h4-7,14,16-17H,3,8-13H2,1-2H3,(H,24,25,29). The summed E-state index contributed by atoms with van der Waals surface area (Å²) in [5.41, 5.74) is 1.59. The van der Waals surface area contributed by atoms with Gasteiger partial charge in [-0.25, -0.2) is 4.98 Å². The van der Waals surface area contributed by atoms with E-state index in [0.29, 0.717) is 55.7 Å². The molecule has 0 spiro atoms. The first kappa shape index (κ1) is 22.3. The van der Waals surface area contributed by atoms with Crippen molar-refractivity contribution in [1.29, 1.82) is 0 Å². The molecule has 1 N–H and O–H groups in total. The van der Waals surface area contributed by atoms with Gasteiger partial charge in [-0.15, -0.1) is 11.3 Å². The Morgan fingerprint density at radius 3 is 2.66 bits per heavy atom. The topological polar surface area (TPSA) is 91.8 Å². The van der Waals surface area contributed by atoms with Crippen LogP contribution in [0.15, 0.2) is 29.6 Å². The number of hydrogen-bond acceptors (Lipinski definition) is 6. The third kappa shape index (κ3) is 4.77. The molecule has 1 unspecified atom stereocenters. The van der Waals surface area contributed by atoms with E-state index < -0.39 is 0 Å². The second-order valence-electron chi connectivity index (χ2n) is 8.19. The molecule has 0 bridgehead atoms. The van der Waals surface area contributed by atoms with E-state index in [0.717, 1.165) is 5.69 Å². The SMILES string of the molecule is CCOc1ccccc1N1CC(C(=O)N2CCC(C(=O)Nc3nc(C)cs3)CC2)CC1=O. The predicted octanol–water partition coefficient (Wildman–Crippen LogP) is 3.08. The van der Waals surface area contributed by atoms with Gasteiger partial charge in [-0.1, -0.05) is 12.1 Å². The number of likely N-dealkylation sites (tertiary alicyclic amines) is 1. The number of aromatic nitrogens is 1. The van der Waals surface area contributed by atoms with E-state index in [1.54, 1.807) is 9.80 Å². The highest BCUT2D eigenvalue weighted by Crippen LogP contribution is 2.34. The molecule has 9 heteroatoms. The van der Waals surface area contributed by atoms with Gasteiger partial charge in [-0.3, -0.25) is 14.4 Å². The predicted molar refractivity (Wildman–Crippen MR) is 123 cm³/mol. The van der Waals surface area contributed by atoms with Gasteiger partial charge < -0.3 is 19.9 Å². The Bertz CT molecular complexity index is 999. The van der Waals surface area contributed by atoms with E-state index in [9.17, 15) is 14.4 Å². The van der Waals surface area contributed by atoms with Gasteiger partial charge in [0, 0.05) is 37.4 Å². The fraction of sp³-hybridized carbons (Fsp3) is 0.478. The molecule has 0 radical (unpaired) electrons. The number of rotatable bonds is 6. The Morgan fingerprint density at radius 1 is 1.22 bits per heavy atom. The first-order chi connectivity index (χ1) is 15.5. The second-order valence-corrected chi connectivity index (χ2v) is 9.05. The minimum atomic E-state index is -0.374. The van der Waals surface area contributed by atoms with Crippen molar-refractivity contribution in [3.63, 3.8) is 0 Å². The Balaban J connectivity index is 1.33. The van der Waals surface area contributed by atoms with Crippen LogP contribution in [0.5, 0.6) is 5.75 Å². The van der Waals surface area contributed by atoms with Crippen molar-refractivity contribution in [3.8, 4) is 5.75 Å². The monoisotopic (exact) mass is 456 g/mol. The molecule has 8 nitrogen and oxygen atoms in total. The quantitative estimate of drug-likeness (QED) is 0.721. The normalized spacial score (nSPS) is 19.3. The molecule has 1 atom stereocenters. The zero-order valence-corrected chi connectivity index (χ0v) is 19.2. The number of benzene rings is 1. The lowest BCUT2D eigenvalue weighted by molar-refractivity contribution is -0.138. The average Bonchev–Trinajstić information content (AvgIpc) is 3.39. The van der Waals surface area contributed by atoms with Crippen molar-refractivity contribution in [2.75, 3.05) is 36.5 Å². The van der Waals surface area contributed by atoms with Gasteiger partial charge in [0.25, 0.3) is 0 Å². The van der Waals surface area contributed by atoms with Crippen LogP contribution in [0, 0.1) is 18.8 Å². The van der Waals surface area contributed by atoms with Crippen molar-refractivity contribution in [1.82, 2.24) is 9.88 Å². The largest absolute Gasteiger partial charge is 0.492 e. The molecule has 3 amide bonds. The highest BCUT2D eigenvalue weighted by molar-refractivity contribution is 7.13. The number of aryl methyl sites for hydroxylation is 1. The second kappa shape index (κ2) is 9.68. The summed E-state index contributed by atoms with van der Waals surface area (Å²) in [6.45, 7) is 5.69. The summed E-state index contributed by atoms with van der Waals surface area (Å²) in [6.07, 6.45) is 1.42. The molecule has 3 heterocycles. The summed E-state index contributed by atoms with van der Waals surface area (Å²) >= 11 is 1.41. The van der Waals surface area contributed by atoms with E-state index in [2.05, 4.69) is 10.3 Å². The number of piperidine rings is 1. The van der Waals surface area contributed by atoms with Crippen molar-refractivity contribution >= 4 is 39.9 Å². The first-order valence-corrected chi connectivity index (χ1v) is 11.9. The molecule has 2 aromatic rings. The number of nitrogens with one attached hydrogen (secondary N) is 1. The summed E-state index contributed by atoms with van der Waals surface area (Å²) in [4.78, 5) is 46.1. The van der Waals surface area contributed by atoms with Crippen LogP contribution >= 0.6 is 11.3 Å². The summed E-state index contributed by atoms with van der Waals surface area (Å²) in [5.74, 6) is 0.0245. The van der Waals surface area contributed by atoms with Crippen molar-refractivity contribution in [3.05, 3.63) is 35.3 Å². The molecule has 2 saturated heterocycles. The molecular formula is C23H28N4O4S. The minimum Gasteiger partial charge on any atom is -0.492 e.